The van der Waals surface area contributed by atoms with E-state index < -0.39 is 0 Å². The minimum Gasteiger partial charge on any atom is -0.381 e. The van der Waals surface area contributed by atoms with Crippen molar-refractivity contribution in [1.29, 1.82) is 0 Å². The van der Waals surface area contributed by atoms with Gasteiger partial charge in [-0.25, -0.2) is 0 Å². The van der Waals surface area contributed by atoms with E-state index in [1.807, 2.05) is 0 Å². The molecule has 1 heterocycles. The molecule has 0 bridgehead atoms. The van der Waals surface area contributed by atoms with Crippen LogP contribution in [-0.2, 0) is 4.74 Å². The summed E-state index contributed by atoms with van der Waals surface area (Å²) in [6.07, 6.45) is 16.6. The van der Waals surface area contributed by atoms with Crippen LogP contribution < -0.4 is 5.32 Å². The van der Waals surface area contributed by atoms with Crippen LogP contribution >= 0.6 is 0 Å². The van der Waals surface area contributed by atoms with E-state index in [1.54, 1.807) is 0 Å². The van der Waals surface area contributed by atoms with Gasteiger partial charge in [-0.05, 0) is 38.3 Å². The van der Waals surface area contributed by atoms with E-state index in [1.165, 1.54) is 90.1 Å². The molecule has 0 spiro atoms. The van der Waals surface area contributed by atoms with Gasteiger partial charge in [0.05, 0.1) is 0 Å². The minimum atomic E-state index is 0.878. The maximum atomic E-state index is 5.74. The van der Waals surface area contributed by atoms with E-state index in [0.717, 1.165) is 19.1 Å². The lowest BCUT2D eigenvalue weighted by atomic mass is 10.1. The van der Waals surface area contributed by atoms with Gasteiger partial charge in [0.2, 0.25) is 0 Å². The van der Waals surface area contributed by atoms with E-state index in [-0.39, 0.29) is 0 Å². The van der Waals surface area contributed by atoms with E-state index in [0.29, 0.717) is 0 Å². The van der Waals surface area contributed by atoms with Crippen LogP contribution in [0.3, 0.4) is 0 Å². The Morgan fingerprint density at radius 2 is 1.50 bits per heavy atom. The first-order valence-electron chi connectivity index (χ1n) is 9.22. The van der Waals surface area contributed by atoms with Crippen LogP contribution in [0, 0.1) is 5.92 Å². The van der Waals surface area contributed by atoms with Gasteiger partial charge in [0.15, 0.2) is 0 Å². The molecule has 1 rings (SSSR count). The largest absolute Gasteiger partial charge is 0.381 e. The van der Waals surface area contributed by atoms with Crippen LogP contribution in [-0.4, -0.2) is 26.3 Å². The highest BCUT2D eigenvalue weighted by Gasteiger charge is 2.13. The third-order valence-corrected chi connectivity index (χ3v) is 4.48. The Hall–Kier alpha value is -0.0800. The molecule has 0 amide bonds. The molecular weight excluding hydrogens is 246 g/mol. The molecule has 1 saturated heterocycles. The predicted molar refractivity (Wildman–Crippen MR) is 88.3 cm³/mol. The fourth-order valence-corrected chi connectivity index (χ4v) is 3.00. The summed E-state index contributed by atoms with van der Waals surface area (Å²) in [6, 6.07) is 0. The quantitative estimate of drug-likeness (QED) is 0.457. The standard InChI is InChI=1S/C18H37NO/c1-2-3-4-5-6-7-8-9-10-11-15-20-16-13-18-12-14-19-17-18/h18-19H,2-17H2,1H3. The van der Waals surface area contributed by atoms with Crippen molar-refractivity contribution in [3.8, 4) is 0 Å². The molecule has 2 heteroatoms. The average molecular weight is 283 g/mol. The molecule has 1 fully saturated rings. The van der Waals surface area contributed by atoms with E-state index in [9.17, 15) is 0 Å². The molecule has 20 heavy (non-hydrogen) atoms. The van der Waals surface area contributed by atoms with Crippen LogP contribution in [0.15, 0.2) is 0 Å². The summed E-state index contributed by atoms with van der Waals surface area (Å²) in [7, 11) is 0. The fourth-order valence-electron chi connectivity index (χ4n) is 3.00. The average Bonchev–Trinajstić information content (AvgIpc) is 2.97. The first-order chi connectivity index (χ1) is 9.93. The van der Waals surface area contributed by atoms with Gasteiger partial charge in [-0.1, -0.05) is 64.7 Å². The summed E-state index contributed by atoms with van der Waals surface area (Å²) in [4.78, 5) is 0. The summed E-state index contributed by atoms with van der Waals surface area (Å²) < 4.78 is 5.74. The van der Waals surface area contributed by atoms with Crippen molar-refractivity contribution >= 4 is 0 Å². The molecule has 0 radical (unpaired) electrons. The molecule has 0 aromatic heterocycles. The second-order valence-corrected chi connectivity index (χ2v) is 6.44. The Morgan fingerprint density at radius 1 is 0.850 bits per heavy atom. The molecule has 1 N–H and O–H groups in total. The topological polar surface area (TPSA) is 21.3 Å². The number of ether oxygens (including phenoxy) is 1. The maximum absolute atomic E-state index is 5.74. The van der Waals surface area contributed by atoms with E-state index in [4.69, 9.17) is 4.74 Å². The number of rotatable bonds is 14. The lowest BCUT2D eigenvalue weighted by molar-refractivity contribution is 0.118. The normalized spacial score (nSPS) is 18.8. The van der Waals surface area contributed by atoms with Gasteiger partial charge in [-0.3, -0.25) is 0 Å². The monoisotopic (exact) mass is 283 g/mol. The van der Waals surface area contributed by atoms with Crippen molar-refractivity contribution in [3.05, 3.63) is 0 Å². The number of hydrogen-bond acceptors (Lipinski definition) is 2. The molecule has 1 aliphatic rings. The third kappa shape index (κ3) is 10.7. The van der Waals surface area contributed by atoms with E-state index in [2.05, 4.69) is 12.2 Å². The van der Waals surface area contributed by atoms with Gasteiger partial charge < -0.3 is 10.1 Å². The highest BCUT2D eigenvalue weighted by Crippen LogP contribution is 2.12. The zero-order valence-corrected chi connectivity index (χ0v) is 13.8. The van der Waals surface area contributed by atoms with Crippen LogP contribution in [0.25, 0.3) is 0 Å². The van der Waals surface area contributed by atoms with Crippen LogP contribution in [0.4, 0.5) is 0 Å². The van der Waals surface area contributed by atoms with Gasteiger partial charge >= 0.3 is 0 Å². The molecule has 0 aliphatic carbocycles. The summed E-state index contributed by atoms with van der Waals surface area (Å²) in [5.41, 5.74) is 0. The molecule has 1 aliphatic heterocycles. The Bertz CT molecular complexity index is 190. The maximum Gasteiger partial charge on any atom is 0.0469 e. The van der Waals surface area contributed by atoms with Crippen LogP contribution in [0.1, 0.15) is 84.0 Å². The molecule has 0 aromatic rings. The van der Waals surface area contributed by atoms with Crippen molar-refractivity contribution < 1.29 is 4.74 Å². The lowest BCUT2D eigenvalue weighted by Crippen LogP contribution is -2.11. The number of unbranched alkanes of at least 4 members (excludes halogenated alkanes) is 9. The molecule has 1 atom stereocenters. The fraction of sp³-hybridized carbons (Fsp3) is 1.00. The predicted octanol–water partition coefficient (Wildman–Crippen LogP) is 4.92. The molecular formula is C18H37NO. The highest BCUT2D eigenvalue weighted by atomic mass is 16.5. The Labute approximate surface area is 127 Å². The first kappa shape index (κ1) is 18.0. The van der Waals surface area contributed by atoms with Crippen LogP contribution in [0.2, 0.25) is 0 Å². The summed E-state index contributed by atoms with van der Waals surface area (Å²) in [5.74, 6) is 0.878. The third-order valence-electron chi connectivity index (χ3n) is 4.48. The number of hydrogen-bond donors (Lipinski definition) is 1. The molecule has 0 aromatic carbocycles. The second-order valence-electron chi connectivity index (χ2n) is 6.44. The number of nitrogens with one attached hydrogen (secondary N) is 1. The smallest absolute Gasteiger partial charge is 0.0469 e. The first-order valence-corrected chi connectivity index (χ1v) is 9.22. The Balaban J connectivity index is 1.66. The lowest BCUT2D eigenvalue weighted by Gasteiger charge is -2.08. The second kappa shape index (κ2) is 13.9. The van der Waals surface area contributed by atoms with Crippen molar-refractivity contribution in [1.82, 2.24) is 5.32 Å². The van der Waals surface area contributed by atoms with Crippen molar-refractivity contribution in [2.24, 2.45) is 5.92 Å². The van der Waals surface area contributed by atoms with E-state index >= 15 is 0 Å². The molecule has 2 nitrogen and oxygen atoms in total. The van der Waals surface area contributed by atoms with Gasteiger partial charge in [-0.15, -0.1) is 0 Å². The highest BCUT2D eigenvalue weighted by molar-refractivity contribution is 4.70. The Kier molecular flexibility index (Phi) is 12.5. The zero-order valence-electron chi connectivity index (χ0n) is 13.8. The van der Waals surface area contributed by atoms with Gasteiger partial charge in [0.1, 0.15) is 0 Å². The molecule has 1 unspecified atom stereocenters. The van der Waals surface area contributed by atoms with Gasteiger partial charge in [0, 0.05) is 13.2 Å². The summed E-state index contributed by atoms with van der Waals surface area (Å²) in [5, 5.41) is 3.41. The summed E-state index contributed by atoms with van der Waals surface area (Å²) >= 11 is 0. The van der Waals surface area contributed by atoms with Gasteiger partial charge in [0.25, 0.3) is 0 Å². The molecule has 0 saturated carbocycles. The summed E-state index contributed by atoms with van der Waals surface area (Å²) in [6.45, 7) is 6.66. The molecule has 120 valence electrons. The van der Waals surface area contributed by atoms with Crippen LogP contribution in [0.5, 0.6) is 0 Å². The van der Waals surface area contributed by atoms with Crippen molar-refractivity contribution in [3.63, 3.8) is 0 Å². The SMILES string of the molecule is CCCCCCCCCCCCOCCC1CCNC1. The zero-order chi connectivity index (χ0) is 14.3. The minimum absolute atomic E-state index is 0.878. The Morgan fingerprint density at radius 3 is 2.10 bits per heavy atom. The van der Waals surface area contributed by atoms with Crippen molar-refractivity contribution in [2.45, 2.75) is 84.0 Å². The van der Waals surface area contributed by atoms with Crippen molar-refractivity contribution in [2.75, 3.05) is 26.3 Å². The van der Waals surface area contributed by atoms with Gasteiger partial charge in [-0.2, -0.15) is 0 Å².